The van der Waals surface area contributed by atoms with E-state index in [4.69, 9.17) is 11.6 Å². The fraction of sp³-hybridized carbons (Fsp3) is 0.750. The summed E-state index contributed by atoms with van der Waals surface area (Å²) in [5, 5.41) is 8.42. The zero-order valence-corrected chi connectivity index (χ0v) is 10.8. The third-order valence-electron chi connectivity index (χ3n) is 3.66. The molecule has 1 heterocycles. The van der Waals surface area contributed by atoms with E-state index in [-0.39, 0.29) is 0 Å². The summed E-state index contributed by atoms with van der Waals surface area (Å²) >= 11 is 6.21. The van der Waals surface area contributed by atoms with Crippen LogP contribution in [-0.4, -0.2) is 16.8 Å². The minimum atomic E-state index is 0.348. The highest BCUT2D eigenvalue weighted by Crippen LogP contribution is 2.36. The van der Waals surface area contributed by atoms with E-state index in [0.717, 1.165) is 10.7 Å². The molecule has 0 saturated heterocycles. The van der Waals surface area contributed by atoms with Gasteiger partial charge in [-0.1, -0.05) is 30.9 Å². The van der Waals surface area contributed by atoms with E-state index in [0.29, 0.717) is 12.0 Å². The number of hydrogen-bond acceptors (Lipinski definition) is 2. The van der Waals surface area contributed by atoms with E-state index in [1.165, 1.54) is 32.1 Å². The van der Waals surface area contributed by atoms with Gasteiger partial charge in [0.15, 0.2) is 0 Å². The molecular weight excluding hydrogens is 222 g/mol. The smallest absolute Gasteiger partial charge is 0.0834 e. The van der Waals surface area contributed by atoms with Crippen molar-refractivity contribution in [3.8, 4) is 0 Å². The number of aryl methyl sites for hydroxylation is 1. The van der Waals surface area contributed by atoms with Crippen molar-refractivity contribution in [2.75, 3.05) is 7.05 Å². The lowest BCUT2D eigenvalue weighted by Gasteiger charge is -2.30. The van der Waals surface area contributed by atoms with Crippen LogP contribution >= 0.6 is 11.6 Å². The Kier molecular flexibility index (Phi) is 3.87. The van der Waals surface area contributed by atoms with E-state index in [9.17, 15) is 0 Å². The highest BCUT2D eigenvalue weighted by molar-refractivity contribution is 6.31. The Hall–Kier alpha value is -0.540. The van der Waals surface area contributed by atoms with Gasteiger partial charge in [0.05, 0.1) is 23.0 Å². The molecule has 1 aromatic heterocycles. The van der Waals surface area contributed by atoms with Crippen molar-refractivity contribution in [3.63, 3.8) is 0 Å². The largest absolute Gasteiger partial charge is 0.311 e. The first kappa shape index (κ1) is 11.9. The molecule has 0 bridgehead atoms. The molecule has 1 unspecified atom stereocenters. The third-order valence-corrected chi connectivity index (χ3v) is 3.96. The molecular formula is C12H20ClN3. The van der Waals surface area contributed by atoms with Crippen LogP contribution in [0, 0.1) is 5.92 Å². The second kappa shape index (κ2) is 5.19. The number of aromatic nitrogens is 2. The van der Waals surface area contributed by atoms with Gasteiger partial charge in [0.1, 0.15) is 0 Å². The second-order valence-corrected chi connectivity index (χ2v) is 5.07. The summed E-state index contributed by atoms with van der Waals surface area (Å²) in [5.74, 6) is 0.701. The number of halogens is 1. The van der Waals surface area contributed by atoms with Crippen molar-refractivity contribution in [1.82, 2.24) is 15.1 Å². The molecule has 1 N–H and O–H groups in total. The molecule has 1 aromatic rings. The lowest BCUT2D eigenvalue weighted by molar-refractivity contribution is 0.273. The first-order valence-corrected chi connectivity index (χ1v) is 6.46. The number of nitrogens with zero attached hydrogens (tertiary/aromatic N) is 2. The van der Waals surface area contributed by atoms with E-state index in [1.807, 2.05) is 18.8 Å². The summed E-state index contributed by atoms with van der Waals surface area (Å²) in [6, 6.07) is 0.348. The Morgan fingerprint density at radius 2 is 2.12 bits per heavy atom. The summed E-state index contributed by atoms with van der Waals surface area (Å²) < 4.78 is 1.90. The molecule has 0 aliphatic heterocycles. The molecule has 2 rings (SSSR count). The van der Waals surface area contributed by atoms with E-state index >= 15 is 0 Å². The van der Waals surface area contributed by atoms with Crippen LogP contribution in [0.4, 0.5) is 0 Å². The average molecular weight is 242 g/mol. The van der Waals surface area contributed by atoms with Crippen LogP contribution in [0.25, 0.3) is 0 Å². The highest BCUT2D eigenvalue weighted by Gasteiger charge is 2.27. The molecule has 1 fully saturated rings. The lowest BCUT2D eigenvalue weighted by Crippen LogP contribution is -2.29. The van der Waals surface area contributed by atoms with Crippen molar-refractivity contribution < 1.29 is 0 Å². The molecule has 0 spiro atoms. The summed E-state index contributed by atoms with van der Waals surface area (Å²) in [5.41, 5.74) is 1.14. The average Bonchev–Trinajstić information content (AvgIpc) is 2.63. The Balaban J connectivity index is 2.21. The number of nitrogens with one attached hydrogen (secondary N) is 1. The normalized spacial score (nSPS) is 19.9. The first-order chi connectivity index (χ1) is 7.74. The number of hydrogen-bond donors (Lipinski definition) is 1. The molecule has 0 aromatic carbocycles. The zero-order chi connectivity index (χ0) is 11.5. The summed E-state index contributed by atoms with van der Waals surface area (Å²) in [6.45, 7) is 0. The van der Waals surface area contributed by atoms with Gasteiger partial charge in [-0.15, -0.1) is 0 Å². The Bertz CT molecular complexity index is 323. The van der Waals surface area contributed by atoms with Gasteiger partial charge in [0, 0.05) is 7.05 Å². The lowest BCUT2D eigenvalue weighted by atomic mass is 9.82. The van der Waals surface area contributed by atoms with Gasteiger partial charge in [-0.25, -0.2) is 0 Å². The maximum atomic E-state index is 6.21. The molecule has 1 atom stereocenters. The molecule has 0 amide bonds. The van der Waals surface area contributed by atoms with Gasteiger partial charge in [-0.2, -0.15) is 5.10 Å². The molecule has 90 valence electrons. The minimum absolute atomic E-state index is 0.348. The molecule has 1 aliphatic rings. The molecule has 1 saturated carbocycles. The summed E-state index contributed by atoms with van der Waals surface area (Å²) in [6.07, 6.45) is 8.41. The fourth-order valence-electron chi connectivity index (χ4n) is 2.83. The van der Waals surface area contributed by atoms with E-state index < -0.39 is 0 Å². The highest BCUT2D eigenvalue weighted by atomic mass is 35.5. The Morgan fingerprint density at radius 1 is 1.44 bits per heavy atom. The van der Waals surface area contributed by atoms with Crippen molar-refractivity contribution in [2.45, 2.75) is 38.1 Å². The topological polar surface area (TPSA) is 29.9 Å². The number of rotatable bonds is 3. The minimum Gasteiger partial charge on any atom is -0.311 e. The van der Waals surface area contributed by atoms with E-state index in [1.54, 1.807) is 6.20 Å². The summed E-state index contributed by atoms with van der Waals surface area (Å²) in [7, 11) is 3.98. The van der Waals surface area contributed by atoms with Gasteiger partial charge >= 0.3 is 0 Å². The van der Waals surface area contributed by atoms with Gasteiger partial charge in [0.25, 0.3) is 0 Å². The Morgan fingerprint density at radius 3 is 2.62 bits per heavy atom. The molecule has 3 nitrogen and oxygen atoms in total. The van der Waals surface area contributed by atoms with Crippen LogP contribution in [0.3, 0.4) is 0 Å². The van der Waals surface area contributed by atoms with Crippen LogP contribution in [0.2, 0.25) is 5.02 Å². The van der Waals surface area contributed by atoms with Crippen molar-refractivity contribution >= 4 is 11.6 Å². The van der Waals surface area contributed by atoms with Crippen molar-refractivity contribution in [1.29, 1.82) is 0 Å². The van der Waals surface area contributed by atoms with Crippen molar-refractivity contribution in [2.24, 2.45) is 13.0 Å². The van der Waals surface area contributed by atoms with E-state index in [2.05, 4.69) is 10.4 Å². The standard InChI is InChI=1S/C12H20ClN3/c1-14-11(9-6-4-3-5-7-9)12-10(13)8-15-16(12)2/h8-9,11,14H,3-7H2,1-2H3. The Labute approximate surface area is 102 Å². The van der Waals surface area contributed by atoms with Crippen LogP contribution in [0.5, 0.6) is 0 Å². The molecule has 4 heteroatoms. The van der Waals surface area contributed by atoms with Crippen LogP contribution in [-0.2, 0) is 7.05 Å². The quantitative estimate of drug-likeness (QED) is 0.882. The predicted octanol–water partition coefficient (Wildman–Crippen LogP) is 2.91. The fourth-order valence-corrected chi connectivity index (χ4v) is 3.12. The second-order valence-electron chi connectivity index (χ2n) is 4.67. The van der Waals surface area contributed by atoms with Gasteiger partial charge in [0.2, 0.25) is 0 Å². The maximum absolute atomic E-state index is 6.21. The zero-order valence-electron chi connectivity index (χ0n) is 10.0. The molecule has 16 heavy (non-hydrogen) atoms. The van der Waals surface area contributed by atoms with Gasteiger partial charge < -0.3 is 5.32 Å². The monoisotopic (exact) mass is 241 g/mol. The predicted molar refractivity (Wildman–Crippen MR) is 66.6 cm³/mol. The van der Waals surface area contributed by atoms with Crippen LogP contribution in [0.15, 0.2) is 6.20 Å². The summed E-state index contributed by atoms with van der Waals surface area (Å²) in [4.78, 5) is 0. The van der Waals surface area contributed by atoms with Crippen molar-refractivity contribution in [3.05, 3.63) is 16.9 Å². The molecule has 0 radical (unpaired) electrons. The van der Waals surface area contributed by atoms with Gasteiger partial charge in [-0.05, 0) is 25.8 Å². The third kappa shape index (κ3) is 2.25. The SMILES string of the molecule is CNC(c1c(Cl)cnn1C)C1CCCCC1. The van der Waals surface area contributed by atoms with Gasteiger partial charge in [-0.3, -0.25) is 4.68 Å². The molecule has 1 aliphatic carbocycles. The maximum Gasteiger partial charge on any atom is 0.0834 e. The van der Waals surface area contributed by atoms with Crippen LogP contribution < -0.4 is 5.32 Å². The first-order valence-electron chi connectivity index (χ1n) is 6.08. The van der Waals surface area contributed by atoms with Crippen LogP contribution in [0.1, 0.15) is 43.8 Å².